The summed E-state index contributed by atoms with van der Waals surface area (Å²) in [5.41, 5.74) is 0. The molecule has 2 aliphatic rings. The molecule has 2 rings (SSSR count). The molecule has 1 amide bonds. The highest BCUT2D eigenvalue weighted by atomic mass is 16.3. The molecule has 0 radical (unpaired) electrons. The molecular weight excluding hydrogens is 180 g/mol. The van der Waals surface area contributed by atoms with Gasteiger partial charge in [0, 0.05) is 19.1 Å². The van der Waals surface area contributed by atoms with Gasteiger partial charge in [0.2, 0.25) is 5.91 Å². The average Bonchev–Trinajstić information content (AvgIpc) is 2.20. The molecule has 0 aromatic heterocycles. The predicted octanol–water partition coefficient (Wildman–Crippen LogP) is -0.278. The van der Waals surface area contributed by atoms with Crippen molar-refractivity contribution in [2.45, 2.75) is 37.8 Å². The van der Waals surface area contributed by atoms with Crippen LogP contribution in [0.1, 0.15) is 25.7 Å². The fourth-order valence-electron chi connectivity index (χ4n) is 2.38. The Kier molecular flexibility index (Phi) is 3.03. The van der Waals surface area contributed by atoms with Gasteiger partial charge in [0.15, 0.2) is 0 Å². The zero-order valence-corrected chi connectivity index (χ0v) is 8.41. The summed E-state index contributed by atoms with van der Waals surface area (Å²) in [4.78, 5) is 13.6. The second-order valence-corrected chi connectivity index (χ2v) is 4.23. The lowest BCUT2D eigenvalue weighted by molar-refractivity contribution is -0.135. The van der Waals surface area contributed by atoms with Crippen molar-refractivity contribution in [3.05, 3.63) is 0 Å². The second kappa shape index (κ2) is 4.28. The molecule has 1 saturated carbocycles. The SMILES string of the molecule is O=C1CNCCN1C1CCC(O)CC1. The maximum absolute atomic E-state index is 11.6. The molecular formula is C10H18N2O2. The van der Waals surface area contributed by atoms with Gasteiger partial charge in [-0.25, -0.2) is 0 Å². The summed E-state index contributed by atoms with van der Waals surface area (Å²) in [6.45, 7) is 2.23. The Balaban J connectivity index is 1.90. The van der Waals surface area contributed by atoms with E-state index >= 15 is 0 Å². The first kappa shape index (κ1) is 9.93. The van der Waals surface area contributed by atoms with Crippen LogP contribution in [0, 0.1) is 0 Å². The van der Waals surface area contributed by atoms with E-state index in [1.807, 2.05) is 4.90 Å². The third kappa shape index (κ3) is 2.07. The lowest BCUT2D eigenvalue weighted by atomic mass is 9.91. The quantitative estimate of drug-likeness (QED) is 0.609. The summed E-state index contributed by atoms with van der Waals surface area (Å²) in [7, 11) is 0. The topological polar surface area (TPSA) is 52.6 Å². The molecule has 1 aliphatic heterocycles. The van der Waals surface area contributed by atoms with E-state index in [2.05, 4.69) is 5.32 Å². The Hall–Kier alpha value is -0.610. The number of amides is 1. The highest BCUT2D eigenvalue weighted by molar-refractivity contribution is 5.79. The minimum atomic E-state index is -0.135. The third-order valence-corrected chi connectivity index (χ3v) is 3.23. The molecule has 1 aliphatic carbocycles. The Labute approximate surface area is 84.3 Å². The summed E-state index contributed by atoms with van der Waals surface area (Å²) in [6, 6.07) is 0.382. The van der Waals surface area contributed by atoms with Crippen LogP contribution in [0.4, 0.5) is 0 Å². The van der Waals surface area contributed by atoms with Gasteiger partial charge in [0.05, 0.1) is 12.6 Å². The minimum Gasteiger partial charge on any atom is -0.393 e. The highest BCUT2D eigenvalue weighted by Crippen LogP contribution is 2.23. The first-order valence-corrected chi connectivity index (χ1v) is 5.45. The Morgan fingerprint density at radius 1 is 1.29 bits per heavy atom. The number of nitrogens with zero attached hydrogens (tertiary/aromatic N) is 1. The highest BCUT2D eigenvalue weighted by Gasteiger charge is 2.29. The standard InChI is InChI=1S/C10H18N2O2/c13-9-3-1-8(2-4-9)12-6-5-11-7-10(12)14/h8-9,11,13H,1-7H2. The van der Waals surface area contributed by atoms with Gasteiger partial charge >= 0.3 is 0 Å². The van der Waals surface area contributed by atoms with Gasteiger partial charge in [0.25, 0.3) is 0 Å². The molecule has 14 heavy (non-hydrogen) atoms. The fraction of sp³-hybridized carbons (Fsp3) is 0.900. The lowest BCUT2D eigenvalue weighted by Gasteiger charge is -2.38. The van der Waals surface area contributed by atoms with Crippen LogP contribution in [0.5, 0.6) is 0 Å². The largest absolute Gasteiger partial charge is 0.393 e. The molecule has 1 saturated heterocycles. The van der Waals surface area contributed by atoms with Crippen molar-refractivity contribution in [3.8, 4) is 0 Å². The number of carbonyl (C=O) groups excluding carboxylic acids is 1. The average molecular weight is 198 g/mol. The van der Waals surface area contributed by atoms with Crippen LogP contribution in [-0.2, 0) is 4.79 Å². The molecule has 80 valence electrons. The van der Waals surface area contributed by atoms with Crippen molar-refractivity contribution in [1.82, 2.24) is 10.2 Å². The van der Waals surface area contributed by atoms with E-state index < -0.39 is 0 Å². The third-order valence-electron chi connectivity index (χ3n) is 3.23. The van der Waals surface area contributed by atoms with E-state index in [9.17, 15) is 9.90 Å². The molecule has 0 atom stereocenters. The van der Waals surface area contributed by atoms with Crippen molar-refractivity contribution < 1.29 is 9.90 Å². The molecule has 0 unspecified atom stereocenters. The van der Waals surface area contributed by atoms with E-state index in [0.29, 0.717) is 12.6 Å². The van der Waals surface area contributed by atoms with Crippen LogP contribution < -0.4 is 5.32 Å². The molecule has 1 heterocycles. The molecule has 4 heteroatoms. The number of hydrogen-bond acceptors (Lipinski definition) is 3. The Morgan fingerprint density at radius 2 is 2.00 bits per heavy atom. The number of carbonyl (C=O) groups is 1. The summed E-state index contributed by atoms with van der Waals surface area (Å²) in [5.74, 6) is 0.220. The van der Waals surface area contributed by atoms with Crippen molar-refractivity contribution in [3.63, 3.8) is 0 Å². The zero-order chi connectivity index (χ0) is 9.97. The first-order valence-electron chi connectivity index (χ1n) is 5.45. The van der Waals surface area contributed by atoms with Crippen LogP contribution >= 0.6 is 0 Å². The monoisotopic (exact) mass is 198 g/mol. The summed E-state index contributed by atoms with van der Waals surface area (Å²) >= 11 is 0. The molecule has 4 nitrogen and oxygen atoms in total. The molecule has 0 bridgehead atoms. The van der Waals surface area contributed by atoms with E-state index in [0.717, 1.165) is 38.8 Å². The van der Waals surface area contributed by atoms with E-state index in [1.165, 1.54) is 0 Å². The predicted molar refractivity (Wildman–Crippen MR) is 52.8 cm³/mol. The van der Waals surface area contributed by atoms with Gasteiger partial charge in [-0.15, -0.1) is 0 Å². The Morgan fingerprint density at radius 3 is 2.64 bits per heavy atom. The van der Waals surface area contributed by atoms with Crippen molar-refractivity contribution in [2.24, 2.45) is 0 Å². The number of aliphatic hydroxyl groups is 1. The van der Waals surface area contributed by atoms with Crippen LogP contribution in [-0.4, -0.2) is 47.7 Å². The first-order chi connectivity index (χ1) is 6.77. The van der Waals surface area contributed by atoms with Crippen LogP contribution in [0.3, 0.4) is 0 Å². The molecule has 2 fully saturated rings. The number of nitrogens with one attached hydrogen (secondary N) is 1. The van der Waals surface area contributed by atoms with Crippen LogP contribution in [0.2, 0.25) is 0 Å². The van der Waals surface area contributed by atoms with Gasteiger partial charge in [0.1, 0.15) is 0 Å². The lowest BCUT2D eigenvalue weighted by Crippen LogP contribution is -2.53. The van der Waals surface area contributed by atoms with E-state index in [-0.39, 0.29) is 12.0 Å². The summed E-state index contributed by atoms with van der Waals surface area (Å²) in [5, 5.41) is 12.4. The number of hydrogen-bond donors (Lipinski definition) is 2. The normalized spacial score (nSPS) is 34.6. The molecule has 0 spiro atoms. The fourth-order valence-corrected chi connectivity index (χ4v) is 2.38. The summed E-state index contributed by atoms with van der Waals surface area (Å²) < 4.78 is 0. The van der Waals surface area contributed by atoms with Crippen LogP contribution in [0.25, 0.3) is 0 Å². The van der Waals surface area contributed by atoms with Gasteiger partial charge < -0.3 is 15.3 Å². The molecule has 2 N–H and O–H groups in total. The van der Waals surface area contributed by atoms with Crippen molar-refractivity contribution in [1.29, 1.82) is 0 Å². The van der Waals surface area contributed by atoms with Crippen molar-refractivity contribution >= 4 is 5.91 Å². The number of rotatable bonds is 1. The molecule has 0 aromatic rings. The Bertz CT molecular complexity index is 212. The van der Waals surface area contributed by atoms with E-state index in [1.54, 1.807) is 0 Å². The number of piperazine rings is 1. The zero-order valence-electron chi connectivity index (χ0n) is 8.41. The van der Waals surface area contributed by atoms with Gasteiger partial charge in [-0.05, 0) is 25.7 Å². The number of aliphatic hydroxyl groups excluding tert-OH is 1. The van der Waals surface area contributed by atoms with Crippen LogP contribution in [0.15, 0.2) is 0 Å². The van der Waals surface area contributed by atoms with Gasteiger partial charge in [-0.3, -0.25) is 4.79 Å². The maximum atomic E-state index is 11.6. The van der Waals surface area contributed by atoms with Gasteiger partial charge in [-0.2, -0.15) is 0 Å². The second-order valence-electron chi connectivity index (χ2n) is 4.23. The maximum Gasteiger partial charge on any atom is 0.236 e. The van der Waals surface area contributed by atoms with E-state index in [4.69, 9.17) is 0 Å². The summed E-state index contributed by atoms with van der Waals surface area (Å²) in [6.07, 6.45) is 3.49. The molecule has 0 aromatic carbocycles. The minimum absolute atomic E-state index is 0.135. The van der Waals surface area contributed by atoms with Crippen molar-refractivity contribution in [2.75, 3.05) is 19.6 Å². The van der Waals surface area contributed by atoms with Gasteiger partial charge in [-0.1, -0.05) is 0 Å². The smallest absolute Gasteiger partial charge is 0.236 e.